The Morgan fingerprint density at radius 3 is 2.75 bits per heavy atom. The molecule has 0 radical (unpaired) electrons. The Morgan fingerprint density at radius 1 is 1.50 bits per heavy atom. The molecule has 1 aromatic rings. The molecule has 0 fully saturated rings. The van der Waals surface area contributed by atoms with Crippen molar-refractivity contribution in [2.75, 3.05) is 13.1 Å². The highest BCUT2D eigenvalue weighted by molar-refractivity contribution is 5.93. The van der Waals surface area contributed by atoms with E-state index in [1.807, 2.05) is 0 Å². The lowest BCUT2D eigenvalue weighted by Crippen LogP contribution is -2.28. The highest BCUT2D eigenvalue weighted by Crippen LogP contribution is 1.94. The van der Waals surface area contributed by atoms with E-state index in [0.29, 0.717) is 18.7 Å². The van der Waals surface area contributed by atoms with E-state index >= 15 is 0 Å². The maximum Gasteiger partial charge on any atom is 0.251 e. The summed E-state index contributed by atoms with van der Waals surface area (Å²) >= 11 is 0. The van der Waals surface area contributed by atoms with Gasteiger partial charge >= 0.3 is 0 Å². The van der Waals surface area contributed by atoms with E-state index in [0.717, 1.165) is 0 Å². The quantitative estimate of drug-likeness (QED) is 0.650. The van der Waals surface area contributed by atoms with Gasteiger partial charge in [-0.3, -0.25) is 9.78 Å². The predicted octanol–water partition coefficient (Wildman–Crippen LogP) is -0.230. The average Bonchev–Trinajstić information content (AvgIpc) is 2.15. The zero-order valence-electron chi connectivity index (χ0n) is 6.66. The molecule has 1 heterocycles. The molecule has 0 spiro atoms. The van der Waals surface area contributed by atoms with Gasteiger partial charge in [0.2, 0.25) is 0 Å². The highest BCUT2D eigenvalue weighted by atomic mass is 16.1. The molecule has 0 saturated heterocycles. The van der Waals surface area contributed by atoms with E-state index in [1.54, 1.807) is 24.5 Å². The minimum atomic E-state index is -0.108. The SMILES string of the molecule is NCCNC(=O)c1ccncc1. The molecule has 0 aliphatic carbocycles. The van der Waals surface area contributed by atoms with Crippen molar-refractivity contribution >= 4 is 5.91 Å². The van der Waals surface area contributed by atoms with Gasteiger partial charge in [-0.15, -0.1) is 0 Å². The number of aromatic nitrogens is 1. The van der Waals surface area contributed by atoms with Crippen molar-refractivity contribution in [3.8, 4) is 0 Å². The van der Waals surface area contributed by atoms with Crippen molar-refractivity contribution in [3.05, 3.63) is 30.1 Å². The van der Waals surface area contributed by atoms with Crippen LogP contribution in [0.25, 0.3) is 0 Å². The molecule has 0 aliphatic rings. The van der Waals surface area contributed by atoms with Crippen LogP contribution in [0.4, 0.5) is 0 Å². The molecule has 0 unspecified atom stereocenters. The Labute approximate surface area is 70.8 Å². The third-order valence-corrected chi connectivity index (χ3v) is 1.37. The lowest BCUT2D eigenvalue weighted by molar-refractivity contribution is 0.0954. The van der Waals surface area contributed by atoms with Crippen LogP contribution in [0, 0.1) is 0 Å². The summed E-state index contributed by atoms with van der Waals surface area (Å²) in [5.74, 6) is -0.108. The number of carbonyl (C=O) groups is 1. The minimum absolute atomic E-state index is 0.108. The summed E-state index contributed by atoms with van der Waals surface area (Å²) in [5, 5.41) is 2.66. The number of carbonyl (C=O) groups excluding carboxylic acids is 1. The van der Waals surface area contributed by atoms with E-state index in [4.69, 9.17) is 5.73 Å². The Hall–Kier alpha value is -1.42. The first kappa shape index (κ1) is 8.67. The molecule has 12 heavy (non-hydrogen) atoms. The first-order valence-electron chi connectivity index (χ1n) is 3.73. The van der Waals surface area contributed by atoms with Crippen molar-refractivity contribution in [2.45, 2.75) is 0 Å². The summed E-state index contributed by atoms with van der Waals surface area (Å²) in [7, 11) is 0. The molecule has 64 valence electrons. The van der Waals surface area contributed by atoms with Gasteiger partial charge in [-0.25, -0.2) is 0 Å². The fourth-order valence-corrected chi connectivity index (χ4v) is 0.791. The Balaban J connectivity index is 2.54. The molecule has 0 aromatic carbocycles. The smallest absolute Gasteiger partial charge is 0.251 e. The number of nitrogens with one attached hydrogen (secondary N) is 1. The van der Waals surface area contributed by atoms with Gasteiger partial charge < -0.3 is 11.1 Å². The summed E-state index contributed by atoms with van der Waals surface area (Å²) in [5.41, 5.74) is 5.84. The molecule has 4 nitrogen and oxygen atoms in total. The van der Waals surface area contributed by atoms with E-state index in [9.17, 15) is 4.79 Å². The minimum Gasteiger partial charge on any atom is -0.351 e. The molecule has 0 atom stereocenters. The predicted molar refractivity (Wildman–Crippen MR) is 45.6 cm³/mol. The Morgan fingerprint density at radius 2 is 2.17 bits per heavy atom. The second-order valence-electron chi connectivity index (χ2n) is 2.28. The molecule has 1 amide bonds. The second-order valence-corrected chi connectivity index (χ2v) is 2.28. The van der Waals surface area contributed by atoms with Crippen molar-refractivity contribution in [2.24, 2.45) is 5.73 Å². The number of nitrogens with two attached hydrogens (primary N) is 1. The normalized spacial score (nSPS) is 9.42. The van der Waals surface area contributed by atoms with E-state index in [2.05, 4.69) is 10.3 Å². The molecule has 0 bridgehead atoms. The van der Waals surface area contributed by atoms with Crippen LogP contribution < -0.4 is 11.1 Å². The van der Waals surface area contributed by atoms with Crippen molar-refractivity contribution in [1.82, 2.24) is 10.3 Å². The summed E-state index contributed by atoms with van der Waals surface area (Å²) in [4.78, 5) is 15.0. The topological polar surface area (TPSA) is 68.0 Å². The van der Waals surface area contributed by atoms with E-state index < -0.39 is 0 Å². The number of hydrogen-bond acceptors (Lipinski definition) is 3. The summed E-state index contributed by atoms with van der Waals surface area (Å²) < 4.78 is 0. The molecule has 1 rings (SSSR count). The number of nitrogens with zero attached hydrogens (tertiary/aromatic N) is 1. The van der Waals surface area contributed by atoms with Gasteiger partial charge in [-0.1, -0.05) is 0 Å². The number of rotatable bonds is 3. The maximum absolute atomic E-state index is 11.2. The fraction of sp³-hybridized carbons (Fsp3) is 0.250. The van der Waals surface area contributed by atoms with Gasteiger partial charge in [0.1, 0.15) is 0 Å². The van der Waals surface area contributed by atoms with Gasteiger partial charge in [-0.2, -0.15) is 0 Å². The Bertz CT molecular complexity index is 248. The largest absolute Gasteiger partial charge is 0.351 e. The fourth-order valence-electron chi connectivity index (χ4n) is 0.791. The number of amides is 1. The third-order valence-electron chi connectivity index (χ3n) is 1.37. The third kappa shape index (κ3) is 2.32. The van der Waals surface area contributed by atoms with Crippen LogP contribution in [0.15, 0.2) is 24.5 Å². The van der Waals surface area contributed by atoms with Gasteiger partial charge in [-0.05, 0) is 12.1 Å². The number of hydrogen-bond donors (Lipinski definition) is 2. The van der Waals surface area contributed by atoms with Crippen LogP contribution in [-0.4, -0.2) is 24.0 Å². The summed E-state index contributed by atoms with van der Waals surface area (Å²) in [6.07, 6.45) is 3.16. The number of pyridine rings is 1. The molecule has 4 heteroatoms. The van der Waals surface area contributed by atoms with Gasteiger partial charge in [0, 0.05) is 31.0 Å². The van der Waals surface area contributed by atoms with Crippen LogP contribution >= 0.6 is 0 Å². The first-order valence-corrected chi connectivity index (χ1v) is 3.73. The lowest BCUT2D eigenvalue weighted by atomic mass is 10.2. The second kappa shape index (κ2) is 4.46. The maximum atomic E-state index is 11.2. The standard InChI is InChI=1S/C8H11N3O/c9-3-6-11-8(12)7-1-4-10-5-2-7/h1-2,4-5H,3,6,9H2,(H,11,12). The zero-order chi connectivity index (χ0) is 8.81. The molecule has 0 saturated carbocycles. The summed E-state index contributed by atoms with van der Waals surface area (Å²) in [6.45, 7) is 0.956. The van der Waals surface area contributed by atoms with Crippen LogP contribution in [0.1, 0.15) is 10.4 Å². The van der Waals surface area contributed by atoms with Crippen LogP contribution in [0.5, 0.6) is 0 Å². The lowest BCUT2D eigenvalue weighted by Gasteiger charge is -2.01. The van der Waals surface area contributed by atoms with Crippen molar-refractivity contribution in [3.63, 3.8) is 0 Å². The molecular formula is C8H11N3O. The molecule has 1 aromatic heterocycles. The van der Waals surface area contributed by atoms with Gasteiger partial charge in [0.25, 0.3) is 5.91 Å². The molecule has 0 aliphatic heterocycles. The molecule has 3 N–H and O–H groups in total. The molecular weight excluding hydrogens is 154 g/mol. The van der Waals surface area contributed by atoms with Crippen LogP contribution in [-0.2, 0) is 0 Å². The van der Waals surface area contributed by atoms with Crippen LogP contribution in [0.2, 0.25) is 0 Å². The van der Waals surface area contributed by atoms with E-state index in [1.165, 1.54) is 0 Å². The highest BCUT2D eigenvalue weighted by Gasteiger charge is 2.01. The monoisotopic (exact) mass is 165 g/mol. The zero-order valence-corrected chi connectivity index (χ0v) is 6.66. The first-order chi connectivity index (χ1) is 5.84. The van der Waals surface area contributed by atoms with Crippen molar-refractivity contribution in [1.29, 1.82) is 0 Å². The van der Waals surface area contributed by atoms with Gasteiger partial charge in [0.05, 0.1) is 0 Å². The van der Waals surface area contributed by atoms with Crippen LogP contribution in [0.3, 0.4) is 0 Å². The average molecular weight is 165 g/mol. The summed E-state index contributed by atoms with van der Waals surface area (Å²) in [6, 6.07) is 3.32. The van der Waals surface area contributed by atoms with Crippen molar-refractivity contribution < 1.29 is 4.79 Å². The van der Waals surface area contributed by atoms with Gasteiger partial charge in [0.15, 0.2) is 0 Å². The van der Waals surface area contributed by atoms with E-state index in [-0.39, 0.29) is 5.91 Å². The Kier molecular flexibility index (Phi) is 3.22.